The molecule has 1 atom stereocenters. The zero-order valence-electron chi connectivity index (χ0n) is 10.3. The summed E-state index contributed by atoms with van der Waals surface area (Å²) < 4.78 is 0.634. The molecule has 0 bridgehead atoms. The summed E-state index contributed by atoms with van der Waals surface area (Å²) in [5.74, 6) is -0.364. The molecule has 1 unspecified atom stereocenters. The van der Waals surface area contributed by atoms with Crippen molar-refractivity contribution in [2.45, 2.75) is 13.0 Å². The lowest BCUT2D eigenvalue weighted by atomic mass is 10.1. The average molecular weight is 321 g/mol. The van der Waals surface area contributed by atoms with Gasteiger partial charge in [0.15, 0.2) is 0 Å². The molecule has 0 amide bonds. The Morgan fingerprint density at radius 1 is 1.37 bits per heavy atom. The molecule has 0 aliphatic rings. The van der Waals surface area contributed by atoms with Crippen molar-refractivity contribution in [3.8, 4) is 0 Å². The van der Waals surface area contributed by atoms with Crippen LogP contribution >= 0.6 is 15.9 Å². The number of benzene rings is 1. The Hall–Kier alpha value is -1.88. The molecule has 2 aromatic rings. The average Bonchev–Trinajstić information content (AvgIpc) is 2.41. The first-order valence-corrected chi connectivity index (χ1v) is 6.57. The molecule has 2 rings (SSSR count). The van der Waals surface area contributed by atoms with Gasteiger partial charge >= 0.3 is 5.97 Å². The molecule has 0 spiro atoms. The van der Waals surface area contributed by atoms with Crippen molar-refractivity contribution in [3.05, 3.63) is 58.2 Å². The highest BCUT2D eigenvalue weighted by Gasteiger charge is 2.11. The van der Waals surface area contributed by atoms with Crippen LogP contribution in [-0.4, -0.2) is 16.1 Å². The number of aromatic nitrogens is 1. The van der Waals surface area contributed by atoms with Gasteiger partial charge in [0.1, 0.15) is 5.82 Å². The smallest absolute Gasteiger partial charge is 0.337 e. The van der Waals surface area contributed by atoms with Crippen LogP contribution in [-0.2, 0) is 0 Å². The number of nitrogens with one attached hydrogen (secondary N) is 1. The minimum atomic E-state index is -0.990. The second kappa shape index (κ2) is 5.84. The van der Waals surface area contributed by atoms with Crippen LogP contribution in [0.25, 0.3) is 0 Å². The molecular formula is C14H13BrN2O2. The number of pyridine rings is 1. The van der Waals surface area contributed by atoms with Gasteiger partial charge in [-0.1, -0.05) is 30.3 Å². The Balaban J connectivity index is 2.18. The SMILES string of the molecule is CC(Nc1ncc(C(=O)O)cc1Br)c1ccccc1. The highest BCUT2D eigenvalue weighted by atomic mass is 79.9. The Labute approximate surface area is 119 Å². The quantitative estimate of drug-likeness (QED) is 0.901. The molecular weight excluding hydrogens is 308 g/mol. The lowest BCUT2D eigenvalue weighted by molar-refractivity contribution is 0.0696. The number of carbonyl (C=O) groups is 1. The summed E-state index contributed by atoms with van der Waals surface area (Å²) in [5, 5.41) is 12.1. The third-order valence-corrected chi connectivity index (χ3v) is 3.35. The summed E-state index contributed by atoms with van der Waals surface area (Å²) in [7, 11) is 0. The fraction of sp³-hybridized carbons (Fsp3) is 0.143. The minimum absolute atomic E-state index is 0.0840. The summed E-state index contributed by atoms with van der Waals surface area (Å²) in [6, 6.07) is 11.6. The van der Waals surface area contributed by atoms with Crippen molar-refractivity contribution in [3.63, 3.8) is 0 Å². The van der Waals surface area contributed by atoms with E-state index in [-0.39, 0.29) is 11.6 Å². The van der Waals surface area contributed by atoms with Gasteiger partial charge in [-0.3, -0.25) is 0 Å². The Kier molecular flexibility index (Phi) is 4.16. The number of halogens is 1. The maximum absolute atomic E-state index is 10.8. The third kappa shape index (κ3) is 3.32. The topological polar surface area (TPSA) is 62.2 Å². The standard InChI is InChI=1S/C14H13BrN2O2/c1-9(10-5-3-2-4-6-10)17-13-12(15)7-11(8-16-13)14(18)19/h2-9H,1H3,(H,16,17)(H,18,19). The molecule has 5 heteroatoms. The number of aromatic carboxylic acids is 1. The van der Waals surface area contributed by atoms with Crippen LogP contribution in [0.1, 0.15) is 28.9 Å². The van der Waals surface area contributed by atoms with Gasteiger partial charge in [0, 0.05) is 12.2 Å². The molecule has 2 N–H and O–H groups in total. The summed E-state index contributed by atoms with van der Waals surface area (Å²) >= 11 is 3.33. The second-order valence-electron chi connectivity index (χ2n) is 4.14. The Morgan fingerprint density at radius 2 is 2.05 bits per heavy atom. The van der Waals surface area contributed by atoms with Crippen molar-refractivity contribution in [1.82, 2.24) is 4.98 Å². The third-order valence-electron chi connectivity index (χ3n) is 2.74. The lowest BCUT2D eigenvalue weighted by Gasteiger charge is -2.16. The minimum Gasteiger partial charge on any atom is -0.478 e. The molecule has 0 radical (unpaired) electrons. The van der Waals surface area contributed by atoms with Crippen LogP contribution in [0.15, 0.2) is 47.1 Å². The number of carboxylic acids is 1. The normalized spacial score (nSPS) is 11.9. The lowest BCUT2D eigenvalue weighted by Crippen LogP contribution is -2.09. The van der Waals surface area contributed by atoms with Gasteiger partial charge in [0.05, 0.1) is 10.0 Å². The summed E-state index contributed by atoms with van der Waals surface area (Å²) in [6.45, 7) is 2.02. The Bertz CT molecular complexity index is 587. The zero-order valence-corrected chi connectivity index (χ0v) is 11.9. The number of anilines is 1. The van der Waals surface area contributed by atoms with Crippen LogP contribution in [0.2, 0.25) is 0 Å². The highest BCUT2D eigenvalue weighted by Crippen LogP contribution is 2.25. The molecule has 0 aliphatic heterocycles. The van der Waals surface area contributed by atoms with Crippen molar-refractivity contribution >= 4 is 27.7 Å². The predicted molar refractivity (Wildman–Crippen MR) is 77.4 cm³/mol. The van der Waals surface area contributed by atoms with Crippen LogP contribution in [0.4, 0.5) is 5.82 Å². The molecule has 19 heavy (non-hydrogen) atoms. The number of carboxylic acid groups (broad SMARTS) is 1. The van der Waals surface area contributed by atoms with Crippen LogP contribution in [0.5, 0.6) is 0 Å². The van der Waals surface area contributed by atoms with E-state index >= 15 is 0 Å². The van der Waals surface area contributed by atoms with Crippen LogP contribution < -0.4 is 5.32 Å². The van der Waals surface area contributed by atoms with Crippen molar-refractivity contribution in [2.75, 3.05) is 5.32 Å². The fourth-order valence-electron chi connectivity index (χ4n) is 1.69. The van der Waals surface area contributed by atoms with Gasteiger partial charge in [-0.25, -0.2) is 9.78 Å². The monoisotopic (exact) mass is 320 g/mol. The maximum Gasteiger partial charge on any atom is 0.337 e. The van der Waals surface area contributed by atoms with E-state index in [1.165, 1.54) is 12.3 Å². The molecule has 1 aromatic heterocycles. The van der Waals surface area contributed by atoms with E-state index in [4.69, 9.17) is 5.11 Å². The molecule has 0 aliphatic carbocycles. The van der Waals surface area contributed by atoms with E-state index in [9.17, 15) is 4.79 Å². The van der Waals surface area contributed by atoms with E-state index in [0.717, 1.165) is 5.56 Å². The maximum atomic E-state index is 10.8. The Morgan fingerprint density at radius 3 is 2.63 bits per heavy atom. The molecule has 4 nitrogen and oxygen atoms in total. The predicted octanol–water partition coefficient (Wildman–Crippen LogP) is 3.72. The van der Waals surface area contributed by atoms with E-state index in [0.29, 0.717) is 10.3 Å². The first-order valence-electron chi connectivity index (χ1n) is 5.78. The number of rotatable bonds is 4. The van der Waals surface area contributed by atoms with E-state index in [1.54, 1.807) is 0 Å². The first kappa shape index (κ1) is 13.5. The van der Waals surface area contributed by atoms with Gasteiger partial charge in [-0.2, -0.15) is 0 Å². The summed E-state index contributed by atoms with van der Waals surface area (Å²) in [6.07, 6.45) is 1.34. The zero-order chi connectivity index (χ0) is 13.8. The number of hydrogen-bond donors (Lipinski definition) is 2. The second-order valence-corrected chi connectivity index (χ2v) is 4.99. The van der Waals surface area contributed by atoms with Gasteiger partial charge < -0.3 is 10.4 Å². The van der Waals surface area contributed by atoms with E-state index in [1.807, 2.05) is 37.3 Å². The van der Waals surface area contributed by atoms with Crippen molar-refractivity contribution < 1.29 is 9.90 Å². The van der Waals surface area contributed by atoms with Gasteiger partial charge in [-0.05, 0) is 34.5 Å². The molecule has 0 fully saturated rings. The molecule has 1 aromatic carbocycles. The molecule has 0 saturated heterocycles. The molecule has 0 saturated carbocycles. The van der Waals surface area contributed by atoms with Crippen LogP contribution in [0.3, 0.4) is 0 Å². The van der Waals surface area contributed by atoms with Gasteiger partial charge in [0.25, 0.3) is 0 Å². The van der Waals surface area contributed by atoms with Crippen molar-refractivity contribution in [1.29, 1.82) is 0 Å². The largest absolute Gasteiger partial charge is 0.478 e. The first-order chi connectivity index (χ1) is 9.08. The van der Waals surface area contributed by atoms with Gasteiger partial charge in [0.2, 0.25) is 0 Å². The van der Waals surface area contributed by atoms with E-state index in [2.05, 4.69) is 26.2 Å². The number of hydrogen-bond acceptors (Lipinski definition) is 3. The van der Waals surface area contributed by atoms with Crippen molar-refractivity contribution in [2.24, 2.45) is 0 Å². The molecule has 98 valence electrons. The summed E-state index contributed by atoms with van der Waals surface area (Å²) in [5.41, 5.74) is 1.29. The van der Waals surface area contributed by atoms with Crippen LogP contribution in [0, 0.1) is 0 Å². The van der Waals surface area contributed by atoms with Gasteiger partial charge in [-0.15, -0.1) is 0 Å². The number of nitrogens with zero attached hydrogens (tertiary/aromatic N) is 1. The highest BCUT2D eigenvalue weighted by molar-refractivity contribution is 9.10. The fourth-order valence-corrected chi connectivity index (χ4v) is 2.15. The van der Waals surface area contributed by atoms with E-state index < -0.39 is 5.97 Å². The molecule has 1 heterocycles. The summed E-state index contributed by atoms with van der Waals surface area (Å²) in [4.78, 5) is 15.0.